The van der Waals surface area contributed by atoms with Crippen LogP contribution in [0, 0.1) is 17.8 Å². The molecule has 99 heavy (non-hydrogen) atoms. The molecule has 1 aromatic carbocycles. The minimum atomic E-state index is -4.76. The fourth-order valence-electron chi connectivity index (χ4n) is 15.3. The maximum Gasteiger partial charge on any atom is 0.417 e. The highest BCUT2D eigenvalue weighted by Gasteiger charge is 2.51. The zero-order valence-corrected chi connectivity index (χ0v) is 60.3. The van der Waals surface area contributed by atoms with Gasteiger partial charge in [-0.25, -0.2) is 0 Å². The van der Waals surface area contributed by atoms with Gasteiger partial charge >= 0.3 is 6.18 Å². The van der Waals surface area contributed by atoms with E-state index >= 15 is 19.2 Å². The van der Waals surface area contributed by atoms with Crippen molar-refractivity contribution in [3.05, 3.63) is 34.3 Å². The van der Waals surface area contributed by atoms with Crippen LogP contribution in [0.4, 0.5) is 13.2 Å². The fourth-order valence-corrected chi connectivity index (χ4v) is 15.6. The number of aryl methyl sites for hydroxylation is 1. The van der Waals surface area contributed by atoms with E-state index in [1.807, 2.05) is 6.92 Å². The van der Waals surface area contributed by atoms with Crippen LogP contribution in [0.25, 0.3) is 0 Å². The van der Waals surface area contributed by atoms with Crippen molar-refractivity contribution in [3.8, 4) is 0 Å². The first-order valence-corrected chi connectivity index (χ1v) is 36.0. The smallest absolute Gasteiger partial charge is 0.378 e. The lowest BCUT2D eigenvalue weighted by Crippen LogP contribution is -2.65. The normalized spacial score (nSPS) is 27.0. The van der Waals surface area contributed by atoms with Crippen molar-refractivity contribution in [2.24, 2.45) is 17.8 Å². The Morgan fingerprint density at radius 3 is 1.86 bits per heavy atom. The predicted molar refractivity (Wildman–Crippen MR) is 361 cm³/mol. The quantitative estimate of drug-likeness (QED) is 0.289. The van der Waals surface area contributed by atoms with Gasteiger partial charge in [0.05, 0.1) is 49.9 Å². The number of hydrogen-bond acceptors (Lipinski definition) is 13. The number of halogens is 4. The summed E-state index contributed by atoms with van der Waals surface area (Å²) in [6.45, 7) is 4.29. The van der Waals surface area contributed by atoms with Crippen LogP contribution in [0.5, 0.6) is 0 Å². The van der Waals surface area contributed by atoms with Crippen LogP contribution >= 0.6 is 11.6 Å². The zero-order chi connectivity index (χ0) is 72.8. The van der Waals surface area contributed by atoms with Gasteiger partial charge in [-0.3, -0.25) is 57.5 Å². The molecule has 552 valence electrons. The van der Waals surface area contributed by atoms with Crippen molar-refractivity contribution >= 4 is 82.5 Å². The number of nitrogens with one attached hydrogen (secondary N) is 3. The largest absolute Gasteiger partial charge is 0.417 e. The maximum absolute atomic E-state index is 15.7. The van der Waals surface area contributed by atoms with Crippen molar-refractivity contribution in [3.63, 3.8) is 0 Å². The second-order valence-electron chi connectivity index (χ2n) is 28.5. The van der Waals surface area contributed by atoms with Crippen molar-refractivity contribution in [1.82, 2.24) is 60.0 Å². The van der Waals surface area contributed by atoms with E-state index in [4.69, 9.17) is 16.3 Å². The van der Waals surface area contributed by atoms with Gasteiger partial charge in [0.25, 0.3) is 0 Å². The minimum Gasteiger partial charge on any atom is -0.378 e. The summed E-state index contributed by atoms with van der Waals surface area (Å²) in [4.78, 5) is 189. The molecule has 3 N–H and O–H groups in total. The molecule has 3 saturated carbocycles. The Morgan fingerprint density at radius 2 is 1.25 bits per heavy atom. The van der Waals surface area contributed by atoms with Gasteiger partial charge < -0.3 is 64.8 Å². The molecular formula is C70H106ClF3N12O13. The molecule has 12 amide bonds. The number of amides is 12. The molecule has 1 unspecified atom stereocenters. The standard InChI is InChI=1S/C70H106ClF3N12O13/c1-11-44(3)59-66(96)80(6)42-57(89)78(4)43-58(90)82(8)53(39-45-22-15-13-16-23-45)64(94)79(5)41-55(87)75-50(30-28-46-27-29-48(49(71)38-46)70(72,73)74)63(93)86-33-21-26-52(86)62(92)77-69(31-19-20-32-69)68(98)84(10)60(47-24-17-14-18-25-47)67(97)83(9)54(65(95)85-34-36-99-37-35-85)40-56(88)81(7)51(12-2)61(91)76-59/h27,29,38,44-45,47,50-54,59-60H,11-26,28,30-37,39-43H2,1-10H3,(H,75,87)(H,76,91)(H,77,92)/t44-,50-,51-,52?,53-,54-,59-,60-/m0/s1. The highest BCUT2D eigenvalue weighted by molar-refractivity contribution is 6.31. The third-order valence-corrected chi connectivity index (χ3v) is 22.0. The van der Waals surface area contributed by atoms with Crippen LogP contribution in [-0.4, -0.2) is 265 Å². The van der Waals surface area contributed by atoms with E-state index in [1.54, 1.807) is 13.8 Å². The second kappa shape index (κ2) is 35.5. The molecule has 3 aliphatic carbocycles. The summed E-state index contributed by atoms with van der Waals surface area (Å²) in [7, 11) is 9.89. The van der Waals surface area contributed by atoms with E-state index in [-0.39, 0.29) is 83.7 Å². The molecule has 8 atom stereocenters. The van der Waals surface area contributed by atoms with Gasteiger partial charge in [-0.15, -0.1) is 0 Å². The summed E-state index contributed by atoms with van der Waals surface area (Å²) in [6.07, 6.45) is 4.61. The van der Waals surface area contributed by atoms with Crippen LogP contribution in [0.1, 0.15) is 167 Å². The molecule has 3 saturated heterocycles. The third kappa shape index (κ3) is 19.7. The Labute approximate surface area is 585 Å². The molecule has 0 aromatic heterocycles. The van der Waals surface area contributed by atoms with Gasteiger partial charge in [0.1, 0.15) is 47.8 Å². The first-order chi connectivity index (χ1) is 46.8. The van der Waals surface area contributed by atoms with Crippen LogP contribution in [0.2, 0.25) is 5.02 Å². The second-order valence-corrected chi connectivity index (χ2v) is 28.9. The van der Waals surface area contributed by atoms with Gasteiger partial charge in [-0.05, 0) is 99.7 Å². The number of benzene rings is 1. The molecule has 6 aliphatic rings. The Kier molecular flexibility index (Phi) is 28.4. The Morgan fingerprint density at radius 1 is 0.646 bits per heavy atom. The van der Waals surface area contributed by atoms with E-state index in [0.717, 1.165) is 78.2 Å². The zero-order valence-electron chi connectivity index (χ0n) is 59.6. The number of alkyl halides is 3. The number of carbonyl (C=O) groups is 12. The lowest BCUT2D eigenvalue weighted by molar-refractivity contribution is -0.158. The first kappa shape index (κ1) is 79.2. The average molecular weight is 1420 g/mol. The summed E-state index contributed by atoms with van der Waals surface area (Å²) in [5, 5.41) is 8.10. The van der Waals surface area contributed by atoms with Crippen molar-refractivity contribution in [2.45, 2.75) is 216 Å². The number of fused-ring (bicyclic) bond motifs is 1. The summed E-state index contributed by atoms with van der Waals surface area (Å²) >= 11 is 6.15. The fraction of sp³-hybridized carbons (Fsp3) is 0.743. The SMILES string of the molecule is CC[C@H](C)[C@@H]1NC(=O)[C@H](CC)N(C)C(=O)C[C@@H](C(=O)N2CCOCC2)N(C)C(=O)[C@H](C2CCCCC2)N(C)C(=O)C2(CCCC2)NC(=O)C2CCCN2C(=O)[C@H](CCc2ccc(C(F)(F)F)c(Cl)c2)NC(=O)CN(C)C(=O)[C@H](CC2CCCCC2)N(C)C(=O)CN(C)C(=O)CN(C)C1=O. The molecule has 25 nitrogen and oxygen atoms in total. The lowest BCUT2D eigenvalue weighted by atomic mass is 9.81. The average Bonchev–Trinajstić information content (AvgIpc) is 1.50. The summed E-state index contributed by atoms with van der Waals surface area (Å²) in [5.41, 5.74) is -2.35. The molecule has 1 spiro atoms. The highest BCUT2D eigenvalue weighted by Crippen LogP contribution is 2.38. The predicted octanol–water partition coefficient (Wildman–Crippen LogP) is 4.63. The minimum absolute atomic E-state index is 0.0182. The molecule has 1 aromatic rings. The molecule has 7 rings (SSSR count). The number of hydrogen-bond donors (Lipinski definition) is 3. The molecule has 6 fully saturated rings. The Hall–Kier alpha value is -7.10. The summed E-state index contributed by atoms with van der Waals surface area (Å²) in [6, 6.07) is -5.62. The first-order valence-electron chi connectivity index (χ1n) is 35.6. The molecule has 0 radical (unpaired) electrons. The van der Waals surface area contributed by atoms with Gasteiger partial charge in [-0.2, -0.15) is 13.2 Å². The molecular weight excluding hydrogens is 1310 g/mol. The summed E-state index contributed by atoms with van der Waals surface area (Å²) in [5.74, 6) is -8.78. The lowest BCUT2D eigenvalue weighted by Gasteiger charge is -2.43. The van der Waals surface area contributed by atoms with Crippen LogP contribution in [-0.2, 0) is 74.9 Å². The number of likely N-dealkylation sites (N-methyl/N-ethyl adjacent to an activating group) is 7. The molecule has 0 bridgehead atoms. The van der Waals surface area contributed by atoms with E-state index in [1.165, 1.54) is 84.8 Å². The van der Waals surface area contributed by atoms with Gasteiger partial charge in [0.15, 0.2) is 0 Å². The highest BCUT2D eigenvalue weighted by atomic mass is 35.5. The van der Waals surface area contributed by atoms with Crippen molar-refractivity contribution in [2.75, 3.05) is 102 Å². The van der Waals surface area contributed by atoms with E-state index < -0.39 is 173 Å². The van der Waals surface area contributed by atoms with Crippen LogP contribution in [0.15, 0.2) is 18.2 Å². The molecule has 3 heterocycles. The number of ether oxygens (including phenoxy) is 1. The van der Waals surface area contributed by atoms with Gasteiger partial charge in [0, 0.05) is 69.0 Å². The van der Waals surface area contributed by atoms with Gasteiger partial charge in [-0.1, -0.05) is 109 Å². The van der Waals surface area contributed by atoms with Crippen LogP contribution < -0.4 is 16.0 Å². The third-order valence-electron chi connectivity index (χ3n) is 21.7. The summed E-state index contributed by atoms with van der Waals surface area (Å²) < 4.78 is 47.2. The van der Waals surface area contributed by atoms with Crippen molar-refractivity contribution < 1.29 is 75.4 Å². The topological polar surface area (TPSA) is 279 Å². The monoisotopic (exact) mass is 1410 g/mol. The van der Waals surface area contributed by atoms with E-state index in [9.17, 15) is 51.5 Å². The number of rotatable bonds is 10. The van der Waals surface area contributed by atoms with Crippen LogP contribution in [0.3, 0.4) is 0 Å². The Balaban J connectivity index is 1.28. The number of nitrogens with zero attached hydrogens (tertiary/aromatic N) is 9. The van der Waals surface area contributed by atoms with E-state index in [0.29, 0.717) is 44.1 Å². The van der Waals surface area contributed by atoms with Crippen molar-refractivity contribution in [1.29, 1.82) is 0 Å². The number of carbonyl (C=O) groups excluding carboxylic acids is 12. The Bertz CT molecular complexity index is 3080. The van der Waals surface area contributed by atoms with E-state index in [2.05, 4.69) is 16.0 Å². The maximum atomic E-state index is 15.7. The molecule has 3 aliphatic heterocycles. The van der Waals surface area contributed by atoms with Gasteiger partial charge in [0.2, 0.25) is 70.9 Å². The number of morpholine rings is 1. The molecule has 29 heteroatoms.